The van der Waals surface area contributed by atoms with Gasteiger partial charge in [-0.25, -0.2) is 0 Å². The summed E-state index contributed by atoms with van der Waals surface area (Å²) in [6.07, 6.45) is 10.7. The van der Waals surface area contributed by atoms with Crippen LogP contribution < -0.4 is 0 Å². The fourth-order valence-electron chi connectivity index (χ4n) is 3.60. The van der Waals surface area contributed by atoms with Crippen molar-refractivity contribution in [2.24, 2.45) is 5.92 Å². The smallest absolute Gasteiger partial charge is 0.287 e. The molecule has 0 N–H and O–H groups in total. The summed E-state index contributed by atoms with van der Waals surface area (Å²) in [6.45, 7) is 21.0. The largest absolute Gasteiger partial charge is 0.321 e. The Morgan fingerprint density at radius 2 is 0.966 bits per heavy atom. The summed E-state index contributed by atoms with van der Waals surface area (Å²) in [5.74, 6) is -0.0383. The van der Waals surface area contributed by atoms with Gasteiger partial charge in [0, 0.05) is 5.92 Å². The van der Waals surface area contributed by atoms with E-state index in [1.54, 1.807) is 0 Å². The summed E-state index contributed by atoms with van der Waals surface area (Å²) in [5, 5.41) is 0. The standard InChI is InChI=1S/C25H52O3S/c1-11-12-13-14-15-16-18-21(19-17-20-29)25(26-22(2,3)4,27-23(5,6)7)28-24(8,9)10/h21,29H,11-20H2,1-10H3. The van der Waals surface area contributed by atoms with Crippen molar-refractivity contribution < 1.29 is 14.2 Å². The molecule has 0 fully saturated rings. The van der Waals surface area contributed by atoms with E-state index in [0.29, 0.717) is 0 Å². The van der Waals surface area contributed by atoms with Gasteiger partial charge in [0.1, 0.15) is 0 Å². The molecule has 0 saturated heterocycles. The van der Waals surface area contributed by atoms with Crippen molar-refractivity contribution in [2.75, 3.05) is 5.75 Å². The topological polar surface area (TPSA) is 27.7 Å². The first-order valence-corrected chi connectivity index (χ1v) is 12.5. The summed E-state index contributed by atoms with van der Waals surface area (Å²) >= 11 is 4.48. The molecular formula is C25H52O3S. The number of unbranched alkanes of at least 4 members (excludes halogenated alkanes) is 5. The fourth-order valence-corrected chi connectivity index (χ4v) is 3.78. The van der Waals surface area contributed by atoms with Crippen molar-refractivity contribution in [2.45, 2.75) is 150 Å². The van der Waals surface area contributed by atoms with E-state index in [-0.39, 0.29) is 22.7 Å². The van der Waals surface area contributed by atoms with Crippen LogP contribution in [0.25, 0.3) is 0 Å². The zero-order valence-electron chi connectivity index (χ0n) is 21.3. The molecule has 0 rings (SSSR count). The molecule has 1 atom stereocenters. The van der Waals surface area contributed by atoms with E-state index < -0.39 is 5.97 Å². The van der Waals surface area contributed by atoms with Crippen LogP contribution in [0.1, 0.15) is 127 Å². The second kappa shape index (κ2) is 12.9. The Kier molecular flexibility index (Phi) is 13.0. The molecule has 0 heterocycles. The molecule has 0 aliphatic heterocycles. The molecule has 0 bridgehead atoms. The number of thiol groups is 1. The zero-order chi connectivity index (χ0) is 22.8. The highest BCUT2D eigenvalue weighted by Crippen LogP contribution is 2.42. The number of hydrogen-bond donors (Lipinski definition) is 1. The summed E-state index contributed by atoms with van der Waals surface area (Å²) in [5.41, 5.74) is -1.13. The molecule has 0 saturated carbocycles. The van der Waals surface area contributed by atoms with Crippen molar-refractivity contribution in [3.8, 4) is 0 Å². The van der Waals surface area contributed by atoms with Gasteiger partial charge < -0.3 is 14.2 Å². The van der Waals surface area contributed by atoms with Crippen LogP contribution in [-0.2, 0) is 14.2 Å². The van der Waals surface area contributed by atoms with Crippen molar-refractivity contribution in [3.63, 3.8) is 0 Å². The SMILES string of the molecule is CCCCCCCCC(CCCS)C(OC(C)(C)C)(OC(C)(C)C)OC(C)(C)C. The maximum absolute atomic E-state index is 6.66. The number of hydrogen-bond acceptors (Lipinski definition) is 4. The quantitative estimate of drug-likeness (QED) is 0.170. The van der Waals surface area contributed by atoms with Gasteiger partial charge in [-0.2, -0.15) is 12.6 Å². The van der Waals surface area contributed by atoms with E-state index in [4.69, 9.17) is 14.2 Å². The monoisotopic (exact) mass is 432 g/mol. The van der Waals surface area contributed by atoms with Crippen LogP contribution in [0.2, 0.25) is 0 Å². The normalized spacial score (nSPS) is 15.0. The summed E-state index contributed by atoms with van der Waals surface area (Å²) in [7, 11) is 0. The molecule has 0 aromatic rings. The predicted molar refractivity (Wildman–Crippen MR) is 130 cm³/mol. The number of rotatable bonds is 14. The third kappa shape index (κ3) is 14.8. The van der Waals surface area contributed by atoms with Gasteiger partial charge in [0.15, 0.2) is 0 Å². The van der Waals surface area contributed by atoms with Crippen LogP contribution in [0.3, 0.4) is 0 Å². The van der Waals surface area contributed by atoms with Crippen LogP contribution in [-0.4, -0.2) is 28.5 Å². The van der Waals surface area contributed by atoms with E-state index in [1.165, 1.54) is 38.5 Å². The van der Waals surface area contributed by atoms with Crippen molar-refractivity contribution in [1.29, 1.82) is 0 Å². The molecular weight excluding hydrogens is 380 g/mol. The summed E-state index contributed by atoms with van der Waals surface area (Å²) in [4.78, 5) is 0. The molecule has 3 nitrogen and oxygen atoms in total. The Balaban J connectivity index is 5.74. The highest BCUT2D eigenvalue weighted by Gasteiger charge is 2.49. The van der Waals surface area contributed by atoms with Crippen LogP contribution in [0, 0.1) is 5.92 Å². The van der Waals surface area contributed by atoms with Crippen LogP contribution in [0.4, 0.5) is 0 Å². The van der Waals surface area contributed by atoms with Gasteiger partial charge in [0.25, 0.3) is 5.97 Å². The molecule has 0 aliphatic carbocycles. The van der Waals surface area contributed by atoms with Crippen LogP contribution >= 0.6 is 12.6 Å². The molecule has 0 aromatic heterocycles. The van der Waals surface area contributed by atoms with Gasteiger partial charge in [0.05, 0.1) is 16.8 Å². The minimum absolute atomic E-state index is 0.165. The third-order valence-electron chi connectivity index (χ3n) is 4.46. The Labute approximate surface area is 188 Å². The Morgan fingerprint density at radius 1 is 0.586 bits per heavy atom. The lowest BCUT2D eigenvalue weighted by Gasteiger charge is -2.49. The average molecular weight is 433 g/mol. The Morgan fingerprint density at radius 3 is 1.34 bits per heavy atom. The van der Waals surface area contributed by atoms with Crippen molar-refractivity contribution >= 4 is 12.6 Å². The summed E-state index contributed by atoms with van der Waals surface area (Å²) in [6, 6.07) is 0. The molecule has 176 valence electrons. The van der Waals surface area contributed by atoms with E-state index >= 15 is 0 Å². The maximum Gasteiger partial charge on any atom is 0.287 e. The van der Waals surface area contributed by atoms with Gasteiger partial charge in [-0.3, -0.25) is 0 Å². The minimum Gasteiger partial charge on any atom is -0.321 e. The maximum atomic E-state index is 6.66. The second-order valence-electron chi connectivity index (χ2n) is 11.4. The van der Waals surface area contributed by atoms with Crippen molar-refractivity contribution in [1.82, 2.24) is 0 Å². The lowest BCUT2D eigenvalue weighted by atomic mass is 9.91. The number of ether oxygens (including phenoxy) is 3. The first kappa shape index (κ1) is 29.2. The van der Waals surface area contributed by atoms with Gasteiger partial charge in [0.2, 0.25) is 0 Å². The molecule has 4 heteroatoms. The third-order valence-corrected chi connectivity index (χ3v) is 4.78. The van der Waals surface area contributed by atoms with Gasteiger partial charge in [-0.15, -0.1) is 0 Å². The molecule has 0 spiro atoms. The molecule has 1 unspecified atom stereocenters. The molecule has 0 aromatic carbocycles. The van der Waals surface area contributed by atoms with Gasteiger partial charge >= 0.3 is 0 Å². The Hall–Kier alpha value is 0.230. The first-order chi connectivity index (χ1) is 13.1. The van der Waals surface area contributed by atoms with Gasteiger partial charge in [-0.05, 0) is 87.3 Å². The second-order valence-corrected chi connectivity index (χ2v) is 11.8. The van der Waals surface area contributed by atoms with Crippen LogP contribution in [0.5, 0.6) is 0 Å². The zero-order valence-corrected chi connectivity index (χ0v) is 22.2. The molecule has 0 radical (unpaired) electrons. The summed E-state index contributed by atoms with van der Waals surface area (Å²) < 4.78 is 20.0. The van der Waals surface area contributed by atoms with E-state index in [2.05, 4.69) is 81.9 Å². The Bertz CT molecular complexity index is 374. The lowest BCUT2D eigenvalue weighted by molar-refractivity contribution is -0.468. The minimum atomic E-state index is -1.07. The van der Waals surface area contributed by atoms with Gasteiger partial charge in [-0.1, -0.05) is 45.4 Å². The van der Waals surface area contributed by atoms with E-state index in [0.717, 1.165) is 25.0 Å². The molecule has 0 amide bonds. The van der Waals surface area contributed by atoms with Crippen LogP contribution in [0.15, 0.2) is 0 Å². The highest BCUT2D eigenvalue weighted by molar-refractivity contribution is 7.80. The van der Waals surface area contributed by atoms with E-state index in [1.807, 2.05) is 0 Å². The van der Waals surface area contributed by atoms with E-state index in [9.17, 15) is 0 Å². The first-order valence-electron chi connectivity index (χ1n) is 11.9. The average Bonchev–Trinajstić information content (AvgIpc) is 2.48. The van der Waals surface area contributed by atoms with Crippen molar-refractivity contribution in [3.05, 3.63) is 0 Å². The predicted octanol–water partition coefficient (Wildman–Crippen LogP) is 8.16. The molecule has 0 aliphatic rings. The lowest BCUT2D eigenvalue weighted by Crippen LogP contribution is -2.56. The highest BCUT2D eigenvalue weighted by atomic mass is 32.1. The molecule has 29 heavy (non-hydrogen) atoms. The fraction of sp³-hybridized carbons (Fsp3) is 1.00.